The third-order valence-electron chi connectivity index (χ3n) is 4.94. The van der Waals surface area contributed by atoms with Gasteiger partial charge in [0.2, 0.25) is 5.91 Å². The molecule has 2 aliphatic rings. The first-order chi connectivity index (χ1) is 12.2. The molecule has 1 aromatic rings. The molecule has 0 unspecified atom stereocenters. The molecule has 0 radical (unpaired) electrons. The first-order valence-electron chi connectivity index (χ1n) is 9.33. The topological polar surface area (TPSA) is 53.6 Å². The van der Waals surface area contributed by atoms with Crippen LogP contribution in [0.1, 0.15) is 37.7 Å². The molecule has 0 bridgehead atoms. The van der Waals surface area contributed by atoms with Crippen LogP contribution in [0, 0.1) is 5.82 Å². The number of ether oxygens (including phenoxy) is 1. The molecule has 1 aromatic carbocycles. The van der Waals surface area contributed by atoms with Gasteiger partial charge in [-0.05, 0) is 30.5 Å². The second-order valence-corrected chi connectivity index (χ2v) is 6.86. The van der Waals surface area contributed by atoms with Crippen LogP contribution in [0.3, 0.4) is 0 Å². The van der Waals surface area contributed by atoms with Crippen LogP contribution in [-0.2, 0) is 16.1 Å². The van der Waals surface area contributed by atoms with Crippen molar-refractivity contribution in [1.82, 2.24) is 10.6 Å². The molecule has 0 aromatic heterocycles. The summed E-state index contributed by atoms with van der Waals surface area (Å²) in [4.78, 5) is 13.9. The van der Waals surface area contributed by atoms with Gasteiger partial charge in [0.25, 0.3) is 0 Å². The molecule has 1 amide bonds. The van der Waals surface area contributed by atoms with E-state index in [2.05, 4.69) is 10.6 Å². The van der Waals surface area contributed by atoms with Crippen LogP contribution in [0.4, 0.5) is 10.1 Å². The molecule has 1 saturated heterocycles. The minimum atomic E-state index is -0.194. The SMILES string of the molecule is O=C(CCNCc1ccc(N2CCOCC2)c(F)c1)NC1CCCC1. The number of nitrogens with zero attached hydrogens (tertiary/aromatic N) is 1. The number of benzene rings is 1. The lowest BCUT2D eigenvalue weighted by Gasteiger charge is -2.29. The Kier molecular flexibility index (Phi) is 6.64. The van der Waals surface area contributed by atoms with Gasteiger partial charge in [-0.1, -0.05) is 18.9 Å². The first-order valence-corrected chi connectivity index (χ1v) is 9.33. The molecule has 0 spiro atoms. The lowest BCUT2D eigenvalue weighted by atomic mass is 10.1. The molecule has 1 saturated carbocycles. The average Bonchev–Trinajstić information content (AvgIpc) is 3.12. The predicted molar refractivity (Wildman–Crippen MR) is 96.2 cm³/mol. The van der Waals surface area contributed by atoms with Gasteiger partial charge in [-0.2, -0.15) is 0 Å². The summed E-state index contributed by atoms with van der Waals surface area (Å²) in [7, 11) is 0. The standard InChI is InChI=1S/C19H28FN3O2/c20-17-13-15(5-6-18(17)23-9-11-25-12-10-23)14-21-8-7-19(24)22-16-3-1-2-4-16/h5-6,13,16,21H,1-4,7-12,14H2,(H,22,24). The minimum absolute atomic E-state index is 0.105. The molecule has 2 N–H and O–H groups in total. The monoisotopic (exact) mass is 349 g/mol. The van der Waals surface area contributed by atoms with Gasteiger partial charge in [0.05, 0.1) is 18.9 Å². The Hall–Kier alpha value is -1.66. The molecule has 0 atom stereocenters. The fraction of sp³-hybridized carbons (Fsp3) is 0.632. The number of amides is 1. The maximum atomic E-state index is 14.3. The van der Waals surface area contributed by atoms with Crippen LogP contribution in [0.5, 0.6) is 0 Å². The Labute approximate surface area is 148 Å². The van der Waals surface area contributed by atoms with Crippen molar-refractivity contribution in [3.8, 4) is 0 Å². The summed E-state index contributed by atoms with van der Waals surface area (Å²) in [5, 5.41) is 6.30. The van der Waals surface area contributed by atoms with Crippen LogP contribution in [0.15, 0.2) is 18.2 Å². The van der Waals surface area contributed by atoms with E-state index in [4.69, 9.17) is 4.74 Å². The molecule has 2 fully saturated rings. The van der Waals surface area contributed by atoms with Gasteiger partial charge in [0, 0.05) is 38.6 Å². The number of morpholine rings is 1. The van der Waals surface area contributed by atoms with E-state index in [0.29, 0.717) is 44.5 Å². The van der Waals surface area contributed by atoms with Crippen LogP contribution < -0.4 is 15.5 Å². The van der Waals surface area contributed by atoms with Crippen molar-refractivity contribution < 1.29 is 13.9 Å². The third kappa shape index (κ3) is 5.41. The van der Waals surface area contributed by atoms with Crippen molar-refractivity contribution in [1.29, 1.82) is 0 Å². The van der Waals surface area contributed by atoms with Gasteiger partial charge in [-0.15, -0.1) is 0 Å². The van der Waals surface area contributed by atoms with Crippen molar-refractivity contribution in [2.45, 2.75) is 44.7 Å². The Morgan fingerprint density at radius 1 is 1.24 bits per heavy atom. The molecule has 5 nitrogen and oxygen atoms in total. The number of hydrogen-bond donors (Lipinski definition) is 2. The summed E-state index contributed by atoms with van der Waals surface area (Å²) < 4.78 is 19.6. The molecular formula is C19H28FN3O2. The predicted octanol–water partition coefficient (Wildman–Crippen LogP) is 2.20. The summed E-state index contributed by atoms with van der Waals surface area (Å²) in [6, 6.07) is 5.73. The number of carbonyl (C=O) groups excluding carboxylic acids is 1. The van der Waals surface area contributed by atoms with E-state index >= 15 is 0 Å². The van der Waals surface area contributed by atoms with E-state index in [1.807, 2.05) is 17.0 Å². The zero-order valence-corrected chi connectivity index (χ0v) is 14.7. The molecular weight excluding hydrogens is 321 g/mol. The number of hydrogen-bond acceptors (Lipinski definition) is 4. The first kappa shape index (κ1) is 18.1. The normalized spacial score (nSPS) is 18.5. The smallest absolute Gasteiger partial charge is 0.221 e. The summed E-state index contributed by atoms with van der Waals surface area (Å²) in [6.45, 7) is 3.91. The van der Waals surface area contributed by atoms with Crippen molar-refractivity contribution in [2.24, 2.45) is 0 Å². The molecule has 1 aliphatic carbocycles. The molecule has 25 heavy (non-hydrogen) atoms. The Balaban J connectivity index is 1.39. The number of rotatable bonds is 7. The number of anilines is 1. The second kappa shape index (κ2) is 9.15. The van der Waals surface area contributed by atoms with E-state index in [1.54, 1.807) is 6.07 Å². The number of nitrogens with one attached hydrogen (secondary N) is 2. The third-order valence-corrected chi connectivity index (χ3v) is 4.94. The summed E-state index contributed by atoms with van der Waals surface area (Å²) in [5.74, 6) is -0.0894. The molecule has 1 aliphatic heterocycles. The van der Waals surface area contributed by atoms with Crippen molar-refractivity contribution >= 4 is 11.6 Å². The summed E-state index contributed by atoms with van der Waals surface area (Å²) >= 11 is 0. The number of halogens is 1. The zero-order chi connectivity index (χ0) is 17.5. The molecule has 1 heterocycles. The maximum Gasteiger partial charge on any atom is 0.221 e. The maximum absolute atomic E-state index is 14.3. The molecule has 6 heteroatoms. The van der Waals surface area contributed by atoms with Crippen molar-refractivity contribution in [3.63, 3.8) is 0 Å². The summed E-state index contributed by atoms with van der Waals surface area (Å²) in [6.07, 6.45) is 5.11. The van der Waals surface area contributed by atoms with Crippen LogP contribution in [-0.4, -0.2) is 44.8 Å². The van der Waals surface area contributed by atoms with Crippen molar-refractivity contribution in [3.05, 3.63) is 29.6 Å². The quantitative estimate of drug-likeness (QED) is 0.741. The van der Waals surface area contributed by atoms with Gasteiger partial charge in [0.15, 0.2) is 0 Å². The Morgan fingerprint density at radius 3 is 2.72 bits per heavy atom. The van der Waals surface area contributed by atoms with E-state index < -0.39 is 0 Å². The van der Waals surface area contributed by atoms with Gasteiger partial charge < -0.3 is 20.3 Å². The molecule has 138 valence electrons. The lowest BCUT2D eigenvalue weighted by molar-refractivity contribution is -0.121. The van der Waals surface area contributed by atoms with E-state index in [1.165, 1.54) is 12.8 Å². The van der Waals surface area contributed by atoms with Crippen LogP contribution in [0.2, 0.25) is 0 Å². The van der Waals surface area contributed by atoms with E-state index in [0.717, 1.165) is 31.5 Å². The van der Waals surface area contributed by atoms with Crippen LogP contribution >= 0.6 is 0 Å². The lowest BCUT2D eigenvalue weighted by Crippen LogP contribution is -2.36. The largest absolute Gasteiger partial charge is 0.378 e. The van der Waals surface area contributed by atoms with Gasteiger partial charge in [0.1, 0.15) is 5.82 Å². The Bertz CT molecular complexity index is 570. The molecule has 3 rings (SSSR count). The van der Waals surface area contributed by atoms with Gasteiger partial charge >= 0.3 is 0 Å². The van der Waals surface area contributed by atoms with Gasteiger partial charge in [-0.3, -0.25) is 4.79 Å². The van der Waals surface area contributed by atoms with Crippen LogP contribution in [0.25, 0.3) is 0 Å². The minimum Gasteiger partial charge on any atom is -0.378 e. The number of carbonyl (C=O) groups is 1. The Morgan fingerprint density at radius 2 is 2.00 bits per heavy atom. The highest BCUT2D eigenvalue weighted by Crippen LogP contribution is 2.21. The van der Waals surface area contributed by atoms with Crippen molar-refractivity contribution in [2.75, 3.05) is 37.7 Å². The fourth-order valence-corrected chi connectivity index (χ4v) is 3.53. The zero-order valence-electron chi connectivity index (χ0n) is 14.7. The fourth-order valence-electron chi connectivity index (χ4n) is 3.53. The highest BCUT2D eigenvalue weighted by molar-refractivity contribution is 5.76. The second-order valence-electron chi connectivity index (χ2n) is 6.86. The highest BCUT2D eigenvalue weighted by Gasteiger charge is 2.17. The van der Waals surface area contributed by atoms with E-state index in [9.17, 15) is 9.18 Å². The average molecular weight is 349 g/mol. The van der Waals surface area contributed by atoms with Gasteiger partial charge in [-0.25, -0.2) is 4.39 Å². The highest BCUT2D eigenvalue weighted by atomic mass is 19.1. The summed E-state index contributed by atoms with van der Waals surface area (Å²) in [5.41, 5.74) is 1.54. The van der Waals surface area contributed by atoms with E-state index in [-0.39, 0.29) is 11.7 Å².